The molecule has 0 saturated heterocycles. The summed E-state index contributed by atoms with van der Waals surface area (Å²) < 4.78 is 57.8. The number of rotatable bonds is 23. The molecule has 2 amide bonds. The molecule has 0 saturated carbocycles. The molecule has 0 fully saturated rings. The number of hydrogen-bond donors (Lipinski definition) is 6. The Balaban J connectivity index is 1.57. The fourth-order valence-electron chi connectivity index (χ4n) is 6.33. The number of aliphatic hydroxyl groups excluding tert-OH is 2. The molecule has 58 heavy (non-hydrogen) atoms. The quantitative estimate of drug-likeness (QED) is 0.0641. The van der Waals surface area contributed by atoms with E-state index in [-0.39, 0.29) is 37.2 Å². The summed E-state index contributed by atoms with van der Waals surface area (Å²) in [6, 6.07) is 23.5. The van der Waals surface area contributed by atoms with Crippen LogP contribution in [0.5, 0.6) is 0 Å². The summed E-state index contributed by atoms with van der Waals surface area (Å²) in [5, 5.41) is 29.5. The largest absolute Gasteiger partial charge is 0.388 e. The molecular weight excluding hydrogens is 781 g/mol. The third kappa shape index (κ3) is 15.0. The van der Waals surface area contributed by atoms with Crippen LogP contribution in [0.25, 0.3) is 0 Å². The molecule has 14 nitrogen and oxygen atoms in total. The minimum absolute atomic E-state index is 0.0404. The minimum Gasteiger partial charge on any atom is -0.388 e. The van der Waals surface area contributed by atoms with Crippen molar-refractivity contribution in [1.29, 1.82) is 0 Å². The van der Waals surface area contributed by atoms with Crippen molar-refractivity contribution in [2.24, 2.45) is 11.8 Å². The molecular formula is C42H56N6O8S2. The summed E-state index contributed by atoms with van der Waals surface area (Å²) >= 11 is 0. The Morgan fingerprint density at radius 3 is 1.21 bits per heavy atom. The zero-order valence-electron chi connectivity index (χ0n) is 33.3. The summed E-state index contributed by atoms with van der Waals surface area (Å²) in [5.41, 5.74) is 2.57. The maximum absolute atomic E-state index is 14.0. The lowest BCUT2D eigenvalue weighted by Crippen LogP contribution is -2.61. The first-order valence-electron chi connectivity index (χ1n) is 19.4. The molecule has 6 atom stereocenters. The number of nitrogens with one attached hydrogen (secondary N) is 4. The number of carbonyl (C=O) groups is 2. The van der Waals surface area contributed by atoms with Crippen molar-refractivity contribution in [3.8, 4) is 0 Å². The number of aliphatic hydroxyl groups is 2. The molecule has 4 aromatic rings. The van der Waals surface area contributed by atoms with Gasteiger partial charge in [-0.2, -0.15) is 0 Å². The van der Waals surface area contributed by atoms with E-state index in [0.717, 1.165) is 0 Å². The van der Waals surface area contributed by atoms with Crippen LogP contribution < -0.4 is 20.1 Å². The summed E-state index contributed by atoms with van der Waals surface area (Å²) in [6.45, 7) is 6.75. The molecule has 0 aliphatic heterocycles. The number of aromatic nitrogens is 2. The van der Waals surface area contributed by atoms with Crippen LogP contribution in [-0.2, 0) is 55.3 Å². The van der Waals surface area contributed by atoms with Crippen LogP contribution in [0.1, 0.15) is 50.2 Å². The fourth-order valence-corrected chi connectivity index (χ4v) is 9.05. The second-order valence-electron chi connectivity index (χ2n) is 15.0. The van der Waals surface area contributed by atoms with Gasteiger partial charge in [0.05, 0.1) is 23.6 Å². The number of carbonyl (C=O) groups excluding carboxylic acids is 2. The van der Waals surface area contributed by atoms with E-state index in [1.165, 1.54) is 0 Å². The molecule has 6 N–H and O–H groups in total. The van der Waals surface area contributed by atoms with Gasteiger partial charge in [-0.3, -0.25) is 19.6 Å². The molecule has 0 spiro atoms. The average Bonchev–Trinajstić information content (AvgIpc) is 3.21. The Labute approximate surface area is 342 Å². The Kier molecular flexibility index (Phi) is 17.5. The lowest BCUT2D eigenvalue weighted by Gasteiger charge is -2.35. The van der Waals surface area contributed by atoms with Gasteiger partial charge in [0.1, 0.15) is 24.3 Å². The van der Waals surface area contributed by atoms with Crippen molar-refractivity contribution >= 4 is 31.9 Å². The predicted octanol–water partition coefficient (Wildman–Crippen LogP) is 2.33. The zero-order valence-corrected chi connectivity index (χ0v) is 34.9. The zero-order chi connectivity index (χ0) is 42.3. The lowest BCUT2D eigenvalue weighted by molar-refractivity contribution is -0.129. The topological polar surface area (TPSA) is 217 Å². The Morgan fingerprint density at radius 2 is 0.897 bits per heavy atom. The van der Waals surface area contributed by atoms with E-state index < -0.39 is 80.1 Å². The van der Waals surface area contributed by atoms with Crippen LogP contribution in [0.2, 0.25) is 0 Å². The van der Waals surface area contributed by atoms with Crippen molar-refractivity contribution < 1.29 is 36.6 Å². The van der Waals surface area contributed by atoms with E-state index in [1.807, 2.05) is 0 Å². The van der Waals surface area contributed by atoms with Crippen LogP contribution >= 0.6 is 0 Å². The van der Waals surface area contributed by atoms with Crippen LogP contribution in [0.3, 0.4) is 0 Å². The molecule has 2 aromatic carbocycles. The van der Waals surface area contributed by atoms with Crippen LogP contribution in [-0.4, -0.2) is 96.7 Å². The van der Waals surface area contributed by atoms with E-state index in [0.29, 0.717) is 22.5 Å². The smallest absolute Gasteiger partial charge is 0.238 e. The van der Waals surface area contributed by atoms with Crippen LogP contribution in [0.15, 0.2) is 109 Å². The molecule has 16 heteroatoms. The highest BCUT2D eigenvalue weighted by molar-refractivity contribution is 7.89. The third-order valence-corrected chi connectivity index (χ3v) is 12.4. The first-order chi connectivity index (χ1) is 27.5. The molecule has 2 aromatic heterocycles. The summed E-state index contributed by atoms with van der Waals surface area (Å²) in [7, 11) is -7.94. The number of benzene rings is 2. The van der Waals surface area contributed by atoms with E-state index >= 15 is 0 Å². The number of aryl methyl sites for hydroxylation is 2. The van der Waals surface area contributed by atoms with Gasteiger partial charge in [0.25, 0.3) is 0 Å². The molecule has 0 bridgehead atoms. The molecule has 314 valence electrons. The molecule has 0 aliphatic carbocycles. The van der Waals surface area contributed by atoms with Gasteiger partial charge in [-0.1, -0.05) is 100 Å². The van der Waals surface area contributed by atoms with Gasteiger partial charge >= 0.3 is 0 Å². The van der Waals surface area contributed by atoms with Crippen molar-refractivity contribution in [3.63, 3.8) is 0 Å². The molecule has 0 radical (unpaired) electrons. The number of amides is 2. The average molecular weight is 837 g/mol. The van der Waals surface area contributed by atoms with Gasteiger partial charge < -0.3 is 20.8 Å². The van der Waals surface area contributed by atoms with E-state index in [1.54, 1.807) is 137 Å². The van der Waals surface area contributed by atoms with Crippen molar-refractivity contribution in [3.05, 3.63) is 132 Å². The standard InChI is InChI=1S/C42H56N6O8S2/c1-29(2)37(47-57(53,54)25-21-33-19-11-13-23-43-33)41(51)45-35(27-31-15-7-5-8-16-31)39(49)40(50)36(28-32-17-9-6-10-18-32)46-42(52)38(30(3)4)48-58(55,56)26-22-34-20-12-14-24-44-34/h5-20,23-24,29-30,35-40,47-50H,21-22,25-28H2,1-4H3,(H,45,51)(H,46,52)/t35-,36-,37-,38+,39+,40+/m0/s1. The van der Waals surface area contributed by atoms with Gasteiger partial charge in [-0.15, -0.1) is 0 Å². The van der Waals surface area contributed by atoms with E-state index in [4.69, 9.17) is 0 Å². The maximum Gasteiger partial charge on any atom is 0.238 e. The van der Waals surface area contributed by atoms with Crippen molar-refractivity contribution in [1.82, 2.24) is 30.0 Å². The lowest BCUT2D eigenvalue weighted by atomic mass is 9.90. The van der Waals surface area contributed by atoms with Gasteiger partial charge in [-0.25, -0.2) is 26.3 Å². The number of sulfonamides is 2. The second kappa shape index (κ2) is 22.0. The van der Waals surface area contributed by atoms with Gasteiger partial charge in [0.2, 0.25) is 31.9 Å². The third-order valence-electron chi connectivity index (χ3n) is 9.64. The summed E-state index contributed by atoms with van der Waals surface area (Å²) in [6.07, 6.45) is 0.0826. The highest BCUT2D eigenvalue weighted by Crippen LogP contribution is 2.17. The fraction of sp³-hybridized carbons (Fsp3) is 0.429. The van der Waals surface area contributed by atoms with Crippen molar-refractivity contribution in [2.75, 3.05) is 11.5 Å². The van der Waals surface area contributed by atoms with E-state index in [9.17, 15) is 36.6 Å². The molecule has 0 unspecified atom stereocenters. The van der Waals surface area contributed by atoms with Gasteiger partial charge in [-0.05, 0) is 60.1 Å². The highest BCUT2D eigenvalue weighted by Gasteiger charge is 2.38. The highest BCUT2D eigenvalue weighted by atomic mass is 32.2. The summed E-state index contributed by atoms with van der Waals surface area (Å²) in [5.74, 6) is -3.06. The first kappa shape index (κ1) is 46.1. The number of pyridine rings is 2. The number of nitrogens with zero attached hydrogens (tertiary/aromatic N) is 2. The number of hydrogen-bond acceptors (Lipinski definition) is 10. The Hall–Kier alpha value is -4.58. The van der Waals surface area contributed by atoms with Gasteiger partial charge in [0, 0.05) is 36.6 Å². The first-order valence-corrected chi connectivity index (χ1v) is 22.7. The van der Waals surface area contributed by atoms with Gasteiger partial charge in [0.15, 0.2) is 0 Å². The molecule has 4 rings (SSSR count). The maximum atomic E-state index is 14.0. The van der Waals surface area contributed by atoms with Crippen LogP contribution in [0.4, 0.5) is 0 Å². The normalized spacial score (nSPS) is 15.2. The predicted molar refractivity (Wildman–Crippen MR) is 223 cm³/mol. The molecule has 0 aliphatic rings. The minimum atomic E-state index is -3.97. The molecule has 2 heterocycles. The van der Waals surface area contributed by atoms with Crippen molar-refractivity contribution in [2.45, 2.75) is 89.8 Å². The Bertz CT molecular complexity index is 1930. The second-order valence-corrected chi connectivity index (χ2v) is 18.8. The SMILES string of the molecule is CC(C)[C@H](NS(=O)(=O)CCc1ccccn1)C(=O)N[C@@H](Cc1ccccc1)[C@@H](O)[C@H](O)[C@H](Cc1ccccc1)NC(=O)[C@H](NS(=O)(=O)CCc1ccccn1)C(C)C. The Morgan fingerprint density at radius 1 is 0.552 bits per heavy atom. The van der Waals surface area contributed by atoms with E-state index in [2.05, 4.69) is 30.0 Å². The summed E-state index contributed by atoms with van der Waals surface area (Å²) in [4.78, 5) is 36.3. The van der Waals surface area contributed by atoms with Crippen LogP contribution in [0, 0.1) is 11.8 Å². The monoisotopic (exact) mass is 836 g/mol.